The Morgan fingerprint density at radius 2 is 1.22 bits per heavy atom. The van der Waals surface area contributed by atoms with E-state index in [1.165, 1.54) is 0 Å². The maximum absolute atomic E-state index is 10.4. The van der Waals surface area contributed by atoms with Crippen LogP contribution in [0.5, 0.6) is 0 Å². The molecule has 2 aromatic rings. The molecule has 0 spiro atoms. The van der Waals surface area contributed by atoms with Crippen molar-refractivity contribution >= 4 is 55.1 Å². The van der Waals surface area contributed by atoms with Crippen molar-refractivity contribution in [3.05, 3.63) is 66.5 Å². The third kappa shape index (κ3) is 3.09. The molecule has 0 amide bonds. The molecule has 0 saturated carbocycles. The van der Waals surface area contributed by atoms with E-state index >= 15 is 0 Å². The van der Waals surface area contributed by atoms with Gasteiger partial charge in [-0.2, -0.15) is 0 Å². The zero-order valence-corrected chi connectivity index (χ0v) is 13.7. The maximum atomic E-state index is 10.4. The lowest BCUT2D eigenvalue weighted by Gasteiger charge is -2.15. The van der Waals surface area contributed by atoms with Crippen molar-refractivity contribution in [2.24, 2.45) is 0 Å². The molecule has 18 heavy (non-hydrogen) atoms. The Morgan fingerprint density at radius 1 is 0.833 bits per heavy atom. The van der Waals surface area contributed by atoms with Crippen LogP contribution in [0.25, 0.3) is 0 Å². The van der Waals surface area contributed by atoms with Crippen molar-refractivity contribution in [1.29, 1.82) is 0 Å². The SMILES string of the molecule is OC(c1ccc(Cl)cc1Br)c1ccc(Cl)cc1Br. The fourth-order valence-corrected chi connectivity index (χ4v) is 3.41. The van der Waals surface area contributed by atoms with Crippen molar-refractivity contribution in [3.8, 4) is 0 Å². The zero-order valence-electron chi connectivity index (χ0n) is 9.00. The van der Waals surface area contributed by atoms with Gasteiger partial charge in [0.1, 0.15) is 6.10 Å². The Kier molecular flexibility index (Phi) is 4.73. The predicted octanol–water partition coefficient (Wildman–Crippen LogP) is 5.60. The summed E-state index contributed by atoms with van der Waals surface area (Å²) in [6.07, 6.45) is -0.747. The van der Waals surface area contributed by atoms with Gasteiger partial charge in [0.2, 0.25) is 0 Å². The van der Waals surface area contributed by atoms with Gasteiger partial charge in [0, 0.05) is 19.0 Å². The topological polar surface area (TPSA) is 20.2 Å². The molecule has 0 bridgehead atoms. The highest BCUT2D eigenvalue weighted by molar-refractivity contribution is 9.10. The monoisotopic (exact) mass is 408 g/mol. The smallest absolute Gasteiger partial charge is 0.106 e. The quantitative estimate of drug-likeness (QED) is 0.683. The largest absolute Gasteiger partial charge is 0.384 e. The van der Waals surface area contributed by atoms with Crippen LogP contribution < -0.4 is 0 Å². The van der Waals surface area contributed by atoms with Gasteiger partial charge in [-0.1, -0.05) is 67.2 Å². The van der Waals surface area contributed by atoms with Crippen LogP contribution in [-0.4, -0.2) is 5.11 Å². The molecule has 5 heteroatoms. The second-order valence-electron chi connectivity index (χ2n) is 3.73. The lowest BCUT2D eigenvalue weighted by atomic mass is 10.0. The van der Waals surface area contributed by atoms with Crippen LogP contribution in [0, 0.1) is 0 Å². The number of hydrogen-bond acceptors (Lipinski definition) is 1. The number of aliphatic hydroxyl groups is 1. The normalized spacial score (nSPS) is 11.0. The van der Waals surface area contributed by atoms with E-state index in [4.69, 9.17) is 23.2 Å². The van der Waals surface area contributed by atoms with Crippen LogP contribution in [-0.2, 0) is 0 Å². The summed E-state index contributed by atoms with van der Waals surface area (Å²) in [5.41, 5.74) is 1.50. The summed E-state index contributed by atoms with van der Waals surface area (Å²) in [5, 5.41) is 11.6. The van der Waals surface area contributed by atoms with Gasteiger partial charge in [-0.3, -0.25) is 0 Å². The van der Waals surface area contributed by atoms with Crippen LogP contribution in [0.15, 0.2) is 45.3 Å². The van der Waals surface area contributed by atoms with Crippen molar-refractivity contribution in [2.75, 3.05) is 0 Å². The van der Waals surface area contributed by atoms with E-state index in [1.54, 1.807) is 36.4 Å². The Labute approximate surface area is 132 Å². The highest BCUT2D eigenvalue weighted by atomic mass is 79.9. The first-order chi connectivity index (χ1) is 8.49. The Bertz CT molecular complexity index is 536. The Balaban J connectivity index is 2.44. The minimum Gasteiger partial charge on any atom is -0.384 e. The van der Waals surface area contributed by atoms with E-state index < -0.39 is 6.10 Å². The average molecular weight is 411 g/mol. The summed E-state index contributed by atoms with van der Waals surface area (Å²) in [6.45, 7) is 0. The number of rotatable bonds is 2. The minimum atomic E-state index is -0.747. The first kappa shape index (κ1) is 14.4. The van der Waals surface area contributed by atoms with Crippen molar-refractivity contribution < 1.29 is 5.11 Å². The molecule has 0 aliphatic heterocycles. The molecule has 0 aliphatic rings. The first-order valence-corrected chi connectivity index (χ1v) is 7.41. The molecule has 0 saturated heterocycles. The van der Waals surface area contributed by atoms with E-state index in [-0.39, 0.29) is 0 Å². The summed E-state index contributed by atoms with van der Waals surface area (Å²) < 4.78 is 1.54. The van der Waals surface area contributed by atoms with Gasteiger partial charge >= 0.3 is 0 Å². The maximum Gasteiger partial charge on any atom is 0.106 e. The number of hydrogen-bond donors (Lipinski definition) is 1. The molecule has 0 radical (unpaired) electrons. The van der Waals surface area contributed by atoms with E-state index in [1.807, 2.05) is 0 Å². The van der Waals surface area contributed by atoms with Crippen molar-refractivity contribution in [2.45, 2.75) is 6.10 Å². The van der Waals surface area contributed by atoms with Crippen LogP contribution in [0.3, 0.4) is 0 Å². The molecule has 1 nitrogen and oxygen atoms in total. The zero-order chi connectivity index (χ0) is 13.3. The minimum absolute atomic E-state index is 0.619. The van der Waals surface area contributed by atoms with Crippen molar-refractivity contribution in [3.63, 3.8) is 0 Å². The van der Waals surface area contributed by atoms with Gasteiger partial charge in [-0.25, -0.2) is 0 Å². The van der Waals surface area contributed by atoms with Gasteiger partial charge in [-0.15, -0.1) is 0 Å². The highest BCUT2D eigenvalue weighted by Crippen LogP contribution is 2.34. The fourth-order valence-electron chi connectivity index (χ4n) is 1.61. The Hall–Kier alpha value is -0.0600. The third-order valence-electron chi connectivity index (χ3n) is 2.51. The molecule has 1 N–H and O–H groups in total. The second-order valence-corrected chi connectivity index (χ2v) is 6.32. The molecule has 0 fully saturated rings. The van der Waals surface area contributed by atoms with Gasteiger partial charge < -0.3 is 5.11 Å². The molecule has 0 unspecified atom stereocenters. The molecule has 94 valence electrons. The van der Waals surface area contributed by atoms with E-state index in [9.17, 15) is 5.11 Å². The predicted molar refractivity (Wildman–Crippen MR) is 82.4 cm³/mol. The van der Waals surface area contributed by atoms with Crippen LogP contribution in [0.1, 0.15) is 17.2 Å². The molecular weight excluding hydrogens is 403 g/mol. The average Bonchev–Trinajstić information content (AvgIpc) is 2.28. The first-order valence-electron chi connectivity index (χ1n) is 5.07. The molecule has 0 aromatic heterocycles. The van der Waals surface area contributed by atoms with Crippen molar-refractivity contribution in [1.82, 2.24) is 0 Å². The number of aliphatic hydroxyl groups excluding tert-OH is 1. The summed E-state index contributed by atoms with van der Waals surface area (Å²) in [4.78, 5) is 0. The van der Waals surface area contributed by atoms with Gasteiger partial charge in [0.25, 0.3) is 0 Å². The Morgan fingerprint density at radius 3 is 1.56 bits per heavy atom. The summed E-state index contributed by atoms with van der Waals surface area (Å²) in [5.74, 6) is 0. The third-order valence-corrected chi connectivity index (χ3v) is 4.36. The molecule has 0 heterocycles. The summed E-state index contributed by atoms with van der Waals surface area (Å²) in [7, 11) is 0. The van der Waals surface area contributed by atoms with Crippen LogP contribution in [0.2, 0.25) is 10.0 Å². The molecule has 2 rings (SSSR count). The lowest BCUT2D eigenvalue weighted by Crippen LogP contribution is -2.01. The van der Waals surface area contributed by atoms with Crippen LogP contribution >= 0.6 is 55.1 Å². The molecule has 0 atom stereocenters. The molecule has 2 aromatic carbocycles. The van der Waals surface area contributed by atoms with E-state index in [0.29, 0.717) is 10.0 Å². The lowest BCUT2D eigenvalue weighted by molar-refractivity contribution is 0.219. The van der Waals surface area contributed by atoms with Gasteiger partial charge in [-0.05, 0) is 35.4 Å². The fraction of sp³-hybridized carbons (Fsp3) is 0.0769. The second kappa shape index (κ2) is 5.93. The number of halogens is 4. The number of benzene rings is 2. The highest BCUT2D eigenvalue weighted by Gasteiger charge is 2.16. The molecular formula is C13H8Br2Cl2O. The van der Waals surface area contributed by atoms with Gasteiger partial charge in [0.15, 0.2) is 0 Å². The summed E-state index contributed by atoms with van der Waals surface area (Å²) in [6, 6.07) is 10.6. The molecule has 0 aliphatic carbocycles. The van der Waals surface area contributed by atoms with Crippen LogP contribution in [0.4, 0.5) is 0 Å². The van der Waals surface area contributed by atoms with E-state index in [0.717, 1.165) is 20.1 Å². The van der Waals surface area contributed by atoms with Gasteiger partial charge in [0.05, 0.1) is 0 Å². The standard InChI is InChI=1S/C13H8Br2Cl2O/c14-11-5-7(16)1-3-9(11)13(18)10-4-2-8(17)6-12(10)15/h1-6,13,18H. The summed E-state index contributed by atoms with van der Waals surface area (Å²) >= 11 is 18.6. The van der Waals surface area contributed by atoms with E-state index in [2.05, 4.69) is 31.9 Å².